The first kappa shape index (κ1) is 31.5. The molecule has 0 N–H and O–H groups in total. The van der Waals surface area contributed by atoms with E-state index in [1.54, 1.807) is 67.6 Å². The maximum Gasteiger partial charge on any atom is 0.416 e. The van der Waals surface area contributed by atoms with Gasteiger partial charge in [0, 0.05) is 38.9 Å². The Morgan fingerprint density at radius 2 is 1.22 bits per heavy atom. The zero-order valence-electron chi connectivity index (χ0n) is 25.7. The molecular formula is C39H24F6N4. The molecule has 49 heavy (non-hydrogen) atoms. The van der Waals surface area contributed by atoms with Crippen molar-refractivity contribution in [2.24, 2.45) is 4.99 Å². The van der Waals surface area contributed by atoms with Gasteiger partial charge >= 0.3 is 12.4 Å². The van der Waals surface area contributed by atoms with Crippen LogP contribution in [0.15, 0.2) is 120 Å². The van der Waals surface area contributed by atoms with Gasteiger partial charge in [0.25, 0.3) is 0 Å². The van der Waals surface area contributed by atoms with Crippen LogP contribution in [-0.2, 0) is 12.4 Å². The highest BCUT2D eigenvalue weighted by atomic mass is 19.4. The summed E-state index contributed by atoms with van der Waals surface area (Å²) in [5.41, 5.74) is 3.08. The molecular weight excluding hydrogens is 638 g/mol. The van der Waals surface area contributed by atoms with E-state index in [0.717, 1.165) is 24.3 Å². The highest BCUT2D eigenvalue weighted by Crippen LogP contribution is 2.43. The molecule has 4 nitrogen and oxygen atoms in total. The van der Waals surface area contributed by atoms with Crippen molar-refractivity contribution < 1.29 is 26.3 Å². The van der Waals surface area contributed by atoms with Crippen molar-refractivity contribution in [3.63, 3.8) is 0 Å². The van der Waals surface area contributed by atoms with Crippen LogP contribution < -0.4 is 0 Å². The second-order valence-corrected chi connectivity index (χ2v) is 11.4. The third-order valence-electron chi connectivity index (χ3n) is 8.67. The van der Waals surface area contributed by atoms with Gasteiger partial charge in [-0.05, 0) is 80.4 Å². The van der Waals surface area contributed by atoms with E-state index in [4.69, 9.17) is 0 Å². The van der Waals surface area contributed by atoms with E-state index in [-0.39, 0.29) is 0 Å². The van der Waals surface area contributed by atoms with Crippen LogP contribution in [0.25, 0.3) is 60.6 Å². The SMILES string of the molecule is C=N/C=C(\C(=C/C)n1c2ccccc2c2cc(C(F)(F)F)ccc21)c1cc(C#N)ccc1-n1c2ccccc2c2cc(C(F)(F)F)ccc21. The largest absolute Gasteiger partial charge is 0.416 e. The lowest BCUT2D eigenvalue weighted by Crippen LogP contribution is -2.06. The van der Waals surface area contributed by atoms with Crippen LogP contribution in [-0.4, -0.2) is 15.9 Å². The lowest BCUT2D eigenvalue weighted by atomic mass is 9.98. The molecule has 2 heterocycles. The summed E-state index contributed by atoms with van der Waals surface area (Å²) < 4.78 is 86.6. The third kappa shape index (κ3) is 5.15. The lowest BCUT2D eigenvalue weighted by molar-refractivity contribution is -0.138. The number of benzene rings is 5. The fourth-order valence-electron chi connectivity index (χ4n) is 6.60. The molecule has 7 rings (SSSR count). The summed E-state index contributed by atoms with van der Waals surface area (Å²) in [7, 11) is 0. The molecule has 0 fully saturated rings. The fraction of sp³-hybridized carbons (Fsp3) is 0.0769. The van der Waals surface area contributed by atoms with Gasteiger partial charge in [0.05, 0.1) is 56.2 Å². The highest BCUT2D eigenvalue weighted by Gasteiger charge is 2.33. The van der Waals surface area contributed by atoms with E-state index in [2.05, 4.69) is 17.8 Å². The number of alkyl halides is 6. The minimum absolute atomic E-state index is 0.307. The van der Waals surface area contributed by atoms with Gasteiger partial charge in [-0.1, -0.05) is 42.5 Å². The van der Waals surface area contributed by atoms with E-state index in [1.807, 2.05) is 21.3 Å². The topological polar surface area (TPSA) is 46.0 Å². The third-order valence-corrected chi connectivity index (χ3v) is 8.67. The summed E-state index contributed by atoms with van der Waals surface area (Å²) in [5, 5.41) is 12.0. The van der Waals surface area contributed by atoms with Gasteiger partial charge in [-0.25, -0.2) is 0 Å². The average molecular weight is 663 g/mol. The number of nitriles is 1. The summed E-state index contributed by atoms with van der Waals surface area (Å²) in [5.74, 6) is 0. The van der Waals surface area contributed by atoms with Crippen LogP contribution in [0.2, 0.25) is 0 Å². The van der Waals surface area contributed by atoms with Crippen molar-refractivity contribution >= 4 is 61.6 Å². The Hall–Kier alpha value is -6.08. The zero-order chi connectivity index (χ0) is 34.7. The van der Waals surface area contributed by atoms with E-state index in [0.29, 0.717) is 71.7 Å². The van der Waals surface area contributed by atoms with E-state index in [9.17, 15) is 31.6 Å². The first-order valence-electron chi connectivity index (χ1n) is 15.0. The van der Waals surface area contributed by atoms with E-state index >= 15 is 0 Å². The minimum atomic E-state index is -4.55. The number of nitrogens with zero attached hydrogens (tertiary/aromatic N) is 4. The van der Waals surface area contributed by atoms with Crippen molar-refractivity contribution in [1.82, 2.24) is 9.13 Å². The Morgan fingerprint density at radius 3 is 1.82 bits per heavy atom. The number of hydrogen-bond acceptors (Lipinski definition) is 2. The highest BCUT2D eigenvalue weighted by molar-refractivity contribution is 6.15. The number of hydrogen-bond donors (Lipinski definition) is 0. The molecule has 242 valence electrons. The van der Waals surface area contributed by atoms with Crippen LogP contribution in [0.5, 0.6) is 0 Å². The van der Waals surface area contributed by atoms with Crippen LogP contribution in [0.4, 0.5) is 26.3 Å². The number of aliphatic imine (C=N–C) groups is 1. The molecule has 0 radical (unpaired) electrons. The normalized spacial score (nSPS) is 13.1. The second-order valence-electron chi connectivity index (χ2n) is 11.4. The van der Waals surface area contributed by atoms with Gasteiger partial charge in [0.1, 0.15) is 0 Å². The molecule has 0 spiro atoms. The van der Waals surface area contributed by atoms with Gasteiger partial charge in [-0.15, -0.1) is 0 Å². The molecule has 0 saturated heterocycles. The number of rotatable bonds is 5. The Bertz CT molecular complexity index is 2570. The summed E-state index contributed by atoms with van der Waals surface area (Å²) in [6.07, 6.45) is -5.79. The molecule has 0 unspecified atom stereocenters. The quantitative estimate of drug-likeness (QED) is 0.103. The van der Waals surface area contributed by atoms with Gasteiger partial charge < -0.3 is 9.13 Å². The first-order valence-corrected chi connectivity index (χ1v) is 15.0. The molecule has 0 aliphatic heterocycles. The number of allylic oxidation sites excluding steroid dienone is 3. The molecule has 0 bridgehead atoms. The van der Waals surface area contributed by atoms with Crippen molar-refractivity contribution in [3.8, 4) is 11.8 Å². The monoisotopic (exact) mass is 662 g/mol. The van der Waals surface area contributed by atoms with Crippen LogP contribution in [0, 0.1) is 11.3 Å². The first-order chi connectivity index (χ1) is 23.5. The van der Waals surface area contributed by atoms with Crippen LogP contribution in [0.1, 0.15) is 29.2 Å². The second kappa shape index (κ2) is 11.6. The predicted molar refractivity (Wildman–Crippen MR) is 182 cm³/mol. The molecule has 10 heteroatoms. The lowest BCUT2D eigenvalue weighted by Gasteiger charge is -2.20. The summed E-state index contributed by atoms with van der Waals surface area (Å²) in [4.78, 5) is 4.11. The van der Waals surface area contributed by atoms with Gasteiger partial charge in [0.2, 0.25) is 0 Å². The standard InChI is InChI=1S/C39H24F6N4/c1-3-32(48-33-10-6-4-8-26(33)29-19-24(38(40,41)42)13-16-36(29)48)31(22-47-2)28-18-23(21-46)12-15-35(28)49-34-11-7-5-9-27(34)30-20-25(39(43,44)45)14-17-37(30)49/h3-20,22H,2H2,1H3/b31-22-,32-3+. The van der Waals surface area contributed by atoms with E-state index < -0.39 is 23.5 Å². The Labute approximate surface area is 275 Å². The Kier molecular flexibility index (Phi) is 7.44. The molecule has 2 aromatic heterocycles. The van der Waals surface area contributed by atoms with Gasteiger partial charge in [0.15, 0.2) is 0 Å². The molecule has 0 aliphatic rings. The molecule has 7 aromatic rings. The predicted octanol–water partition coefficient (Wildman–Crippen LogP) is 11.4. The fourth-order valence-corrected chi connectivity index (χ4v) is 6.60. The average Bonchev–Trinajstić information content (AvgIpc) is 3.59. The van der Waals surface area contributed by atoms with Crippen molar-refractivity contribution in [1.29, 1.82) is 5.26 Å². The van der Waals surface area contributed by atoms with Gasteiger partial charge in [-0.2, -0.15) is 31.6 Å². The maximum absolute atomic E-state index is 13.8. The van der Waals surface area contributed by atoms with Crippen LogP contribution >= 0.6 is 0 Å². The summed E-state index contributed by atoms with van der Waals surface area (Å²) in [6.45, 7) is 5.47. The van der Waals surface area contributed by atoms with Crippen molar-refractivity contribution in [2.75, 3.05) is 0 Å². The summed E-state index contributed by atoms with van der Waals surface area (Å²) in [6, 6.07) is 28.6. The molecule has 5 aromatic carbocycles. The molecule has 0 amide bonds. The number of halogens is 6. The van der Waals surface area contributed by atoms with Crippen molar-refractivity contribution in [2.45, 2.75) is 19.3 Å². The smallest absolute Gasteiger partial charge is 0.309 e. The number of fused-ring (bicyclic) bond motifs is 6. The zero-order valence-corrected chi connectivity index (χ0v) is 25.7. The maximum atomic E-state index is 13.8. The molecule has 0 aliphatic carbocycles. The molecule has 0 saturated carbocycles. The van der Waals surface area contributed by atoms with E-state index in [1.165, 1.54) is 18.3 Å². The van der Waals surface area contributed by atoms with Gasteiger partial charge in [-0.3, -0.25) is 4.99 Å². The number of para-hydroxylation sites is 2. The molecule has 0 atom stereocenters. The number of aromatic nitrogens is 2. The Balaban J connectivity index is 1.54. The van der Waals surface area contributed by atoms with Crippen molar-refractivity contribution in [3.05, 3.63) is 138 Å². The minimum Gasteiger partial charge on any atom is -0.309 e. The Morgan fingerprint density at radius 1 is 0.694 bits per heavy atom. The van der Waals surface area contributed by atoms with Crippen LogP contribution in [0.3, 0.4) is 0 Å². The summed E-state index contributed by atoms with van der Waals surface area (Å²) >= 11 is 0.